The topological polar surface area (TPSA) is 62.3 Å². The highest BCUT2D eigenvalue weighted by molar-refractivity contribution is 8.00. The highest BCUT2D eigenvalue weighted by Gasteiger charge is 2.25. The van der Waals surface area contributed by atoms with Gasteiger partial charge in [-0.2, -0.15) is 11.8 Å². The highest BCUT2D eigenvalue weighted by Crippen LogP contribution is 2.34. The Balaban J connectivity index is 1.28. The molecule has 27 heavy (non-hydrogen) atoms. The van der Waals surface area contributed by atoms with Crippen LogP contribution in [0.2, 0.25) is 0 Å². The van der Waals surface area contributed by atoms with E-state index in [1.807, 2.05) is 17.0 Å². The summed E-state index contributed by atoms with van der Waals surface area (Å²) in [7, 11) is 0. The standard InChI is InChI=1S/C21H27N3O2S/c25-19-5-4-17-12-16(14-22-21(17)23-19)3-6-20(26)24-9-7-15(8-10-24)13-18-2-1-11-27-18/h3,6,12,14-15,18H,1-2,4-5,7-11,13H2,(H,22,23,25)/b6-3+. The molecule has 2 fully saturated rings. The fraction of sp³-hybridized carbons (Fsp3) is 0.571. The van der Waals surface area contributed by atoms with Crippen LogP contribution >= 0.6 is 11.8 Å². The van der Waals surface area contributed by atoms with E-state index in [9.17, 15) is 9.59 Å². The van der Waals surface area contributed by atoms with Crippen molar-refractivity contribution in [2.45, 2.75) is 50.2 Å². The Morgan fingerprint density at radius 1 is 1.30 bits per heavy atom. The first-order chi connectivity index (χ1) is 13.2. The van der Waals surface area contributed by atoms with Gasteiger partial charge < -0.3 is 10.2 Å². The third-order valence-electron chi connectivity index (χ3n) is 5.83. The van der Waals surface area contributed by atoms with Crippen LogP contribution in [0.4, 0.5) is 5.82 Å². The number of fused-ring (bicyclic) bond motifs is 1. The van der Waals surface area contributed by atoms with Crippen molar-refractivity contribution in [1.29, 1.82) is 0 Å². The van der Waals surface area contributed by atoms with Crippen LogP contribution in [0.15, 0.2) is 18.3 Å². The fourth-order valence-electron chi connectivity index (χ4n) is 4.23. The molecule has 1 unspecified atom stereocenters. The van der Waals surface area contributed by atoms with Gasteiger partial charge in [0, 0.05) is 37.0 Å². The molecular weight excluding hydrogens is 358 g/mol. The maximum absolute atomic E-state index is 12.5. The Morgan fingerprint density at radius 2 is 2.15 bits per heavy atom. The molecule has 0 bridgehead atoms. The first-order valence-corrected chi connectivity index (χ1v) is 11.1. The van der Waals surface area contributed by atoms with E-state index >= 15 is 0 Å². The molecule has 1 N–H and O–H groups in total. The summed E-state index contributed by atoms with van der Waals surface area (Å²) in [5.41, 5.74) is 1.95. The minimum atomic E-state index is 0.0170. The number of nitrogens with zero attached hydrogens (tertiary/aromatic N) is 2. The molecule has 0 aromatic carbocycles. The molecule has 1 aromatic rings. The third kappa shape index (κ3) is 4.72. The molecule has 1 aromatic heterocycles. The van der Waals surface area contributed by atoms with Crippen LogP contribution in [0.3, 0.4) is 0 Å². The lowest BCUT2D eigenvalue weighted by Gasteiger charge is -2.32. The van der Waals surface area contributed by atoms with Gasteiger partial charge in [0.25, 0.3) is 0 Å². The van der Waals surface area contributed by atoms with Gasteiger partial charge in [-0.3, -0.25) is 9.59 Å². The maximum atomic E-state index is 12.5. The van der Waals surface area contributed by atoms with Crippen molar-refractivity contribution in [1.82, 2.24) is 9.88 Å². The molecule has 0 radical (unpaired) electrons. The van der Waals surface area contributed by atoms with Crippen LogP contribution in [0.1, 0.15) is 49.7 Å². The van der Waals surface area contributed by atoms with Crippen molar-refractivity contribution in [2.75, 3.05) is 24.2 Å². The quantitative estimate of drug-likeness (QED) is 0.806. The Labute approximate surface area is 165 Å². The van der Waals surface area contributed by atoms with Crippen molar-refractivity contribution in [3.63, 3.8) is 0 Å². The molecule has 4 heterocycles. The van der Waals surface area contributed by atoms with Gasteiger partial charge in [-0.05, 0) is 73.5 Å². The molecule has 3 aliphatic rings. The molecular formula is C21H27N3O2S. The predicted octanol–water partition coefficient (Wildman–Crippen LogP) is 3.50. The zero-order valence-corrected chi connectivity index (χ0v) is 16.5. The van der Waals surface area contributed by atoms with E-state index in [1.54, 1.807) is 12.3 Å². The Bertz CT molecular complexity index is 735. The summed E-state index contributed by atoms with van der Waals surface area (Å²) in [5.74, 6) is 2.88. The smallest absolute Gasteiger partial charge is 0.246 e. The second kappa shape index (κ2) is 8.46. The number of carbonyl (C=O) groups excluding carboxylic acids is 2. The number of pyridine rings is 1. The molecule has 144 valence electrons. The molecule has 0 aliphatic carbocycles. The van der Waals surface area contributed by atoms with Gasteiger partial charge in [0.2, 0.25) is 11.8 Å². The average molecular weight is 386 g/mol. The van der Waals surface area contributed by atoms with E-state index in [1.165, 1.54) is 25.0 Å². The summed E-state index contributed by atoms with van der Waals surface area (Å²) in [6.45, 7) is 1.75. The number of rotatable bonds is 4. The van der Waals surface area contributed by atoms with E-state index in [2.05, 4.69) is 22.1 Å². The van der Waals surface area contributed by atoms with Crippen molar-refractivity contribution in [3.8, 4) is 0 Å². The number of anilines is 1. The number of thioether (sulfide) groups is 1. The number of likely N-dealkylation sites (tertiary alicyclic amines) is 1. The van der Waals surface area contributed by atoms with Crippen LogP contribution in [0, 0.1) is 5.92 Å². The van der Waals surface area contributed by atoms with Crippen molar-refractivity contribution >= 4 is 35.5 Å². The average Bonchev–Trinajstić information content (AvgIpc) is 3.19. The van der Waals surface area contributed by atoms with E-state index in [0.717, 1.165) is 48.2 Å². The van der Waals surface area contributed by atoms with Gasteiger partial charge in [0.05, 0.1) is 0 Å². The van der Waals surface area contributed by atoms with Crippen LogP contribution in [-0.2, 0) is 16.0 Å². The van der Waals surface area contributed by atoms with Crippen molar-refractivity contribution in [3.05, 3.63) is 29.5 Å². The number of hydrogen-bond donors (Lipinski definition) is 1. The van der Waals surface area contributed by atoms with E-state index in [0.29, 0.717) is 18.7 Å². The lowest BCUT2D eigenvalue weighted by molar-refractivity contribution is -0.127. The van der Waals surface area contributed by atoms with Crippen LogP contribution in [0.25, 0.3) is 6.08 Å². The Hall–Kier alpha value is -1.82. The molecule has 1 atom stereocenters. The fourth-order valence-corrected chi connectivity index (χ4v) is 5.64. The number of aromatic nitrogens is 1. The summed E-state index contributed by atoms with van der Waals surface area (Å²) < 4.78 is 0. The van der Waals surface area contributed by atoms with Crippen LogP contribution in [-0.4, -0.2) is 45.8 Å². The van der Waals surface area contributed by atoms with Gasteiger partial charge >= 0.3 is 0 Å². The molecule has 4 rings (SSSR count). The summed E-state index contributed by atoms with van der Waals surface area (Å²) in [5, 5.41) is 3.64. The largest absolute Gasteiger partial charge is 0.339 e. The molecule has 6 heteroatoms. The second-order valence-corrected chi connectivity index (χ2v) is 9.21. The number of piperidine rings is 1. The Kier molecular flexibility index (Phi) is 5.81. The Morgan fingerprint density at radius 3 is 2.93 bits per heavy atom. The molecule has 0 spiro atoms. The lowest BCUT2D eigenvalue weighted by Crippen LogP contribution is -2.38. The summed E-state index contributed by atoms with van der Waals surface area (Å²) in [6, 6.07) is 2.01. The molecule has 5 nitrogen and oxygen atoms in total. The van der Waals surface area contributed by atoms with Gasteiger partial charge in [-0.15, -0.1) is 0 Å². The third-order valence-corrected chi connectivity index (χ3v) is 7.26. The number of amides is 2. The SMILES string of the molecule is O=C1CCc2cc(/C=C/C(=O)N3CCC(CC4CCCS4)CC3)cnc2N1. The van der Waals surface area contributed by atoms with Gasteiger partial charge in [-0.1, -0.05) is 0 Å². The maximum Gasteiger partial charge on any atom is 0.246 e. The van der Waals surface area contributed by atoms with Crippen LogP contribution in [0.5, 0.6) is 0 Å². The van der Waals surface area contributed by atoms with Gasteiger partial charge in [0.15, 0.2) is 0 Å². The minimum absolute atomic E-state index is 0.0170. The molecule has 2 amide bonds. The van der Waals surface area contributed by atoms with E-state index in [-0.39, 0.29) is 11.8 Å². The summed E-state index contributed by atoms with van der Waals surface area (Å²) in [6.07, 6.45) is 12.8. The molecule has 3 aliphatic heterocycles. The first-order valence-electron chi connectivity index (χ1n) is 10.0. The molecule has 0 saturated carbocycles. The van der Waals surface area contributed by atoms with Crippen LogP contribution < -0.4 is 5.32 Å². The minimum Gasteiger partial charge on any atom is -0.339 e. The highest BCUT2D eigenvalue weighted by atomic mass is 32.2. The monoisotopic (exact) mass is 385 g/mol. The summed E-state index contributed by atoms with van der Waals surface area (Å²) >= 11 is 2.14. The van der Waals surface area contributed by atoms with Gasteiger partial charge in [0.1, 0.15) is 5.82 Å². The van der Waals surface area contributed by atoms with Gasteiger partial charge in [-0.25, -0.2) is 4.98 Å². The van der Waals surface area contributed by atoms with Crippen molar-refractivity contribution < 1.29 is 9.59 Å². The second-order valence-electron chi connectivity index (χ2n) is 7.80. The normalized spacial score (nSPS) is 23.5. The van der Waals surface area contributed by atoms with E-state index in [4.69, 9.17) is 0 Å². The zero-order valence-electron chi connectivity index (χ0n) is 15.7. The number of carbonyl (C=O) groups is 2. The van der Waals surface area contributed by atoms with Crippen molar-refractivity contribution in [2.24, 2.45) is 5.92 Å². The summed E-state index contributed by atoms with van der Waals surface area (Å²) in [4.78, 5) is 30.2. The first kappa shape index (κ1) is 18.5. The number of hydrogen-bond acceptors (Lipinski definition) is 4. The van der Waals surface area contributed by atoms with E-state index < -0.39 is 0 Å². The zero-order chi connectivity index (χ0) is 18.6. The molecule has 2 saturated heterocycles. The predicted molar refractivity (Wildman–Crippen MR) is 110 cm³/mol. The number of aryl methyl sites for hydroxylation is 1. The lowest BCUT2D eigenvalue weighted by atomic mass is 9.91. The number of nitrogens with one attached hydrogen (secondary N) is 1.